The summed E-state index contributed by atoms with van der Waals surface area (Å²) >= 11 is 0. The SMILES string of the molecule is C=CCC(C)OC(=O)CCCCCCCCC(=O)OCCCCCCCC. The average Bonchev–Trinajstić information content (AvgIpc) is 2.63. The molecule has 0 aromatic heterocycles. The van der Waals surface area contributed by atoms with Crippen LogP contribution < -0.4 is 0 Å². The summed E-state index contributed by atoms with van der Waals surface area (Å²) in [5.74, 6) is -0.169. The molecular weight excluding hydrogens is 340 g/mol. The Morgan fingerprint density at radius 1 is 0.815 bits per heavy atom. The van der Waals surface area contributed by atoms with Gasteiger partial charge in [-0.25, -0.2) is 0 Å². The lowest BCUT2D eigenvalue weighted by atomic mass is 10.1. The van der Waals surface area contributed by atoms with Crippen LogP contribution in [0.1, 0.15) is 110 Å². The highest BCUT2D eigenvalue weighted by Gasteiger charge is 2.07. The van der Waals surface area contributed by atoms with Gasteiger partial charge in [-0.05, 0) is 26.2 Å². The number of rotatable bonds is 19. The minimum Gasteiger partial charge on any atom is -0.466 e. The summed E-state index contributed by atoms with van der Waals surface area (Å²) < 4.78 is 10.5. The first-order valence-electron chi connectivity index (χ1n) is 11.1. The van der Waals surface area contributed by atoms with E-state index >= 15 is 0 Å². The number of carbonyl (C=O) groups is 2. The molecule has 0 heterocycles. The Kier molecular flexibility index (Phi) is 18.5. The third kappa shape index (κ3) is 19.3. The van der Waals surface area contributed by atoms with Gasteiger partial charge in [0.05, 0.1) is 6.61 Å². The number of esters is 2. The molecule has 0 aliphatic carbocycles. The minimum atomic E-state index is -0.113. The molecule has 0 saturated heterocycles. The second-order valence-electron chi connectivity index (χ2n) is 7.43. The summed E-state index contributed by atoms with van der Waals surface area (Å²) in [6.45, 7) is 8.32. The average molecular weight is 383 g/mol. The number of carbonyl (C=O) groups excluding carboxylic acids is 2. The van der Waals surface area contributed by atoms with Crippen LogP contribution in [0.4, 0.5) is 0 Å². The van der Waals surface area contributed by atoms with E-state index in [0.717, 1.165) is 51.4 Å². The third-order valence-corrected chi connectivity index (χ3v) is 4.60. The molecule has 0 fully saturated rings. The van der Waals surface area contributed by atoms with E-state index in [1.54, 1.807) is 6.08 Å². The van der Waals surface area contributed by atoms with Crippen molar-refractivity contribution in [1.82, 2.24) is 0 Å². The van der Waals surface area contributed by atoms with Crippen molar-refractivity contribution >= 4 is 11.9 Å². The molecule has 0 saturated carbocycles. The maximum absolute atomic E-state index is 11.6. The molecule has 0 bridgehead atoms. The number of hydrogen-bond donors (Lipinski definition) is 0. The Bertz CT molecular complexity index is 379. The fourth-order valence-corrected chi connectivity index (χ4v) is 2.95. The Morgan fingerprint density at radius 2 is 1.33 bits per heavy atom. The predicted octanol–water partition coefficient (Wildman–Crippen LogP) is 6.52. The van der Waals surface area contributed by atoms with Crippen LogP contribution in [0, 0.1) is 0 Å². The molecular formula is C23H42O4. The molecule has 0 rings (SSSR count). The van der Waals surface area contributed by atoms with Crippen molar-refractivity contribution in [2.24, 2.45) is 0 Å². The van der Waals surface area contributed by atoms with Gasteiger partial charge in [0.15, 0.2) is 0 Å². The van der Waals surface area contributed by atoms with Crippen molar-refractivity contribution in [2.75, 3.05) is 6.61 Å². The van der Waals surface area contributed by atoms with Crippen molar-refractivity contribution in [2.45, 2.75) is 116 Å². The molecule has 4 nitrogen and oxygen atoms in total. The van der Waals surface area contributed by atoms with E-state index < -0.39 is 0 Å². The van der Waals surface area contributed by atoms with Crippen molar-refractivity contribution in [1.29, 1.82) is 0 Å². The van der Waals surface area contributed by atoms with E-state index in [-0.39, 0.29) is 18.0 Å². The molecule has 0 spiro atoms. The maximum Gasteiger partial charge on any atom is 0.306 e. The Morgan fingerprint density at radius 3 is 1.93 bits per heavy atom. The van der Waals surface area contributed by atoms with E-state index in [1.807, 2.05) is 6.92 Å². The zero-order valence-corrected chi connectivity index (χ0v) is 17.8. The molecule has 0 radical (unpaired) electrons. The first-order valence-corrected chi connectivity index (χ1v) is 11.1. The van der Waals surface area contributed by atoms with Crippen LogP contribution in [0.5, 0.6) is 0 Å². The predicted molar refractivity (Wildman–Crippen MR) is 112 cm³/mol. The minimum absolute atomic E-state index is 0.0556. The smallest absolute Gasteiger partial charge is 0.306 e. The second kappa shape index (κ2) is 19.4. The van der Waals surface area contributed by atoms with Crippen LogP contribution in [0.15, 0.2) is 12.7 Å². The van der Waals surface area contributed by atoms with Gasteiger partial charge >= 0.3 is 11.9 Å². The lowest BCUT2D eigenvalue weighted by Crippen LogP contribution is -2.13. The highest BCUT2D eigenvalue weighted by molar-refractivity contribution is 5.69. The van der Waals surface area contributed by atoms with E-state index in [1.165, 1.54) is 25.7 Å². The summed E-state index contributed by atoms with van der Waals surface area (Å²) in [5, 5.41) is 0. The van der Waals surface area contributed by atoms with Crippen molar-refractivity contribution in [3.8, 4) is 0 Å². The van der Waals surface area contributed by atoms with Gasteiger partial charge < -0.3 is 9.47 Å². The first kappa shape index (κ1) is 25.7. The Balaban J connectivity index is 3.32. The van der Waals surface area contributed by atoms with Gasteiger partial charge in [-0.3, -0.25) is 9.59 Å². The highest BCUT2D eigenvalue weighted by atomic mass is 16.5. The zero-order valence-electron chi connectivity index (χ0n) is 17.8. The largest absolute Gasteiger partial charge is 0.466 e. The van der Waals surface area contributed by atoms with Gasteiger partial charge in [0.25, 0.3) is 0 Å². The van der Waals surface area contributed by atoms with E-state index in [9.17, 15) is 9.59 Å². The van der Waals surface area contributed by atoms with Crippen LogP contribution in [-0.2, 0) is 19.1 Å². The summed E-state index contributed by atoms with van der Waals surface area (Å²) in [6, 6.07) is 0. The van der Waals surface area contributed by atoms with Crippen LogP contribution in [-0.4, -0.2) is 24.6 Å². The number of unbranched alkanes of at least 4 members (excludes halogenated alkanes) is 10. The Labute approximate surface area is 167 Å². The summed E-state index contributed by atoms with van der Waals surface area (Å²) in [6.07, 6.45) is 16.7. The van der Waals surface area contributed by atoms with Crippen LogP contribution in [0.3, 0.4) is 0 Å². The van der Waals surface area contributed by atoms with Gasteiger partial charge in [0.2, 0.25) is 0 Å². The third-order valence-electron chi connectivity index (χ3n) is 4.60. The number of hydrogen-bond acceptors (Lipinski definition) is 4. The maximum atomic E-state index is 11.6. The van der Waals surface area contributed by atoms with Gasteiger partial charge in [-0.15, -0.1) is 6.58 Å². The van der Waals surface area contributed by atoms with Crippen molar-refractivity contribution in [3.05, 3.63) is 12.7 Å². The number of ether oxygens (including phenoxy) is 2. The molecule has 0 aromatic carbocycles. The highest BCUT2D eigenvalue weighted by Crippen LogP contribution is 2.11. The molecule has 0 aliphatic heterocycles. The molecule has 0 aliphatic rings. The summed E-state index contributed by atoms with van der Waals surface area (Å²) in [7, 11) is 0. The second-order valence-corrected chi connectivity index (χ2v) is 7.43. The van der Waals surface area contributed by atoms with Crippen LogP contribution in [0.25, 0.3) is 0 Å². The monoisotopic (exact) mass is 382 g/mol. The van der Waals surface area contributed by atoms with Crippen molar-refractivity contribution in [3.63, 3.8) is 0 Å². The molecule has 0 N–H and O–H groups in total. The van der Waals surface area contributed by atoms with E-state index in [2.05, 4.69) is 13.5 Å². The normalized spacial score (nSPS) is 11.8. The zero-order chi connectivity index (χ0) is 20.2. The topological polar surface area (TPSA) is 52.6 Å². The fraction of sp³-hybridized carbons (Fsp3) is 0.826. The van der Waals surface area contributed by atoms with Crippen molar-refractivity contribution < 1.29 is 19.1 Å². The lowest BCUT2D eigenvalue weighted by Gasteiger charge is -2.10. The molecule has 0 amide bonds. The first-order chi connectivity index (χ1) is 13.1. The molecule has 1 atom stereocenters. The molecule has 27 heavy (non-hydrogen) atoms. The molecule has 0 aromatic rings. The molecule has 1 unspecified atom stereocenters. The summed E-state index contributed by atoms with van der Waals surface area (Å²) in [4.78, 5) is 23.2. The van der Waals surface area contributed by atoms with Gasteiger partial charge in [-0.1, -0.05) is 70.8 Å². The summed E-state index contributed by atoms with van der Waals surface area (Å²) in [5.41, 5.74) is 0. The van der Waals surface area contributed by atoms with Gasteiger partial charge in [-0.2, -0.15) is 0 Å². The van der Waals surface area contributed by atoms with E-state index in [0.29, 0.717) is 25.9 Å². The van der Waals surface area contributed by atoms with Gasteiger partial charge in [0.1, 0.15) is 6.10 Å². The van der Waals surface area contributed by atoms with Crippen LogP contribution >= 0.6 is 0 Å². The fourth-order valence-electron chi connectivity index (χ4n) is 2.95. The molecule has 4 heteroatoms. The van der Waals surface area contributed by atoms with Crippen LogP contribution in [0.2, 0.25) is 0 Å². The Hall–Kier alpha value is -1.32. The van der Waals surface area contributed by atoms with E-state index in [4.69, 9.17) is 9.47 Å². The quantitative estimate of drug-likeness (QED) is 0.145. The molecule has 158 valence electrons. The standard InChI is InChI=1S/C23H42O4/c1-4-6-7-8-13-16-20-26-22(24)18-14-11-9-10-12-15-19-23(25)27-21(3)17-5-2/h5,21H,2,4,6-20H2,1,3H3. The lowest BCUT2D eigenvalue weighted by molar-refractivity contribution is -0.148. The van der Waals surface area contributed by atoms with Gasteiger partial charge in [0, 0.05) is 19.3 Å².